The number of carbonyl (C=O) groups is 1. The van der Waals surface area contributed by atoms with E-state index in [0.29, 0.717) is 17.0 Å². The maximum atomic E-state index is 12.2. The van der Waals surface area contributed by atoms with Gasteiger partial charge in [-0.25, -0.2) is 9.97 Å². The van der Waals surface area contributed by atoms with E-state index in [1.807, 2.05) is 48.5 Å². The summed E-state index contributed by atoms with van der Waals surface area (Å²) in [6.45, 7) is 0. The molecule has 3 aromatic rings. The van der Waals surface area contributed by atoms with Crippen LogP contribution in [0.5, 0.6) is 0 Å². The minimum absolute atomic E-state index is 0. The second kappa shape index (κ2) is 4.53. The molecule has 0 N–H and O–H groups in total. The Balaban J connectivity index is 0.00000110. The van der Waals surface area contributed by atoms with Crippen molar-refractivity contribution in [2.75, 3.05) is 0 Å². The third-order valence-corrected chi connectivity index (χ3v) is 3.21. The summed E-state index contributed by atoms with van der Waals surface area (Å²) in [4.78, 5) is 21.2. The van der Waals surface area contributed by atoms with Gasteiger partial charge in [0.05, 0.1) is 11.0 Å². The number of benzene rings is 2. The van der Waals surface area contributed by atoms with E-state index in [1.54, 1.807) is 0 Å². The molecule has 0 saturated heterocycles. The van der Waals surface area contributed by atoms with Crippen LogP contribution < -0.4 is 0 Å². The molecule has 1 radical (unpaired) electrons. The molecular weight excluding hydrogens is 247 g/mol. The Hall–Kier alpha value is -1.55. The predicted molar refractivity (Wildman–Crippen MR) is 74.2 cm³/mol. The van der Waals surface area contributed by atoms with Crippen LogP contribution in [0.1, 0.15) is 16.1 Å². The number of ketones is 1. The van der Waals surface area contributed by atoms with Gasteiger partial charge in [0.1, 0.15) is 11.4 Å². The maximum Gasteiger partial charge on any atom is 0.214 e. The minimum atomic E-state index is -0.0288. The predicted octanol–water partition coefficient (Wildman–Crippen LogP) is 2.46. The van der Waals surface area contributed by atoms with Crippen molar-refractivity contribution in [2.24, 2.45) is 0 Å². The first-order valence-electron chi connectivity index (χ1n) is 5.75. The van der Waals surface area contributed by atoms with Gasteiger partial charge in [-0.3, -0.25) is 4.79 Å². The number of aromatic nitrogens is 2. The monoisotopic (exact) mass is 255 g/mol. The molecule has 0 saturated carbocycles. The van der Waals surface area contributed by atoms with Crippen LogP contribution >= 0.6 is 0 Å². The Bertz CT molecular complexity index is 814. The molecule has 4 rings (SSSR count). The van der Waals surface area contributed by atoms with Crippen LogP contribution in [0.3, 0.4) is 0 Å². The van der Waals surface area contributed by atoms with Gasteiger partial charge in [0.15, 0.2) is 0 Å². The van der Waals surface area contributed by atoms with Crippen molar-refractivity contribution >= 4 is 46.4 Å². The average Bonchev–Trinajstić information content (AvgIpc) is 2.71. The number of rotatable bonds is 0. The van der Waals surface area contributed by atoms with E-state index in [9.17, 15) is 4.79 Å². The van der Waals surface area contributed by atoms with E-state index in [-0.39, 0.29) is 35.3 Å². The van der Waals surface area contributed by atoms with E-state index < -0.39 is 0 Å². The molecule has 0 aliphatic heterocycles. The molecule has 0 bridgehead atoms. The van der Waals surface area contributed by atoms with Crippen LogP contribution in [0.2, 0.25) is 0 Å². The molecule has 85 valence electrons. The first-order chi connectivity index (χ1) is 8.84. The molecule has 1 aliphatic carbocycles. The number of para-hydroxylation sites is 2. The fourth-order valence-corrected chi connectivity index (χ4v) is 2.36. The van der Waals surface area contributed by atoms with Crippen molar-refractivity contribution in [3.05, 3.63) is 59.8 Å². The number of hydrogen-bond donors (Lipinski definition) is 0. The largest absolute Gasteiger partial charge is 0.287 e. The number of fused-ring (bicyclic) bond motifs is 4. The molecule has 0 unspecified atom stereocenters. The Morgan fingerprint density at radius 3 is 1.89 bits per heavy atom. The fraction of sp³-hybridized carbons (Fsp3) is 0. The molecule has 0 spiro atoms. The van der Waals surface area contributed by atoms with Gasteiger partial charge in [0, 0.05) is 40.7 Å². The second-order valence-corrected chi connectivity index (χ2v) is 4.28. The summed E-state index contributed by atoms with van der Waals surface area (Å²) >= 11 is 0. The summed E-state index contributed by atoms with van der Waals surface area (Å²) in [6.07, 6.45) is 0. The van der Waals surface area contributed by atoms with Crippen LogP contribution in [0.15, 0.2) is 48.5 Å². The normalized spacial score (nSPS) is 11.9. The van der Waals surface area contributed by atoms with E-state index >= 15 is 0 Å². The van der Waals surface area contributed by atoms with Gasteiger partial charge in [-0.1, -0.05) is 36.4 Å². The third kappa shape index (κ3) is 1.74. The minimum Gasteiger partial charge on any atom is -0.287 e. The van der Waals surface area contributed by atoms with Gasteiger partial charge in [0.2, 0.25) is 5.78 Å². The van der Waals surface area contributed by atoms with Gasteiger partial charge in [-0.15, -0.1) is 0 Å². The van der Waals surface area contributed by atoms with Crippen molar-refractivity contribution in [3.63, 3.8) is 0 Å². The third-order valence-electron chi connectivity index (χ3n) is 3.21. The first-order valence-corrected chi connectivity index (χ1v) is 5.75. The molecular formula is C15H8N2NaO. The van der Waals surface area contributed by atoms with Crippen molar-refractivity contribution < 1.29 is 4.79 Å². The van der Waals surface area contributed by atoms with E-state index in [4.69, 9.17) is 0 Å². The van der Waals surface area contributed by atoms with E-state index in [2.05, 4.69) is 9.97 Å². The molecule has 0 amide bonds. The summed E-state index contributed by atoms with van der Waals surface area (Å²) in [5, 5.41) is 0. The van der Waals surface area contributed by atoms with E-state index in [1.165, 1.54) is 0 Å². The van der Waals surface area contributed by atoms with Crippen LogP contribution in [0, 0.1) is 0 Å². The number of hydrogen-bond acceptors (Lipinski definition) is 3. The van der Waals surface area contributed by atoms with E-state index in [0.717, 1.165) is 16.6 Å². The Morgan fingerprint density at radius 2 is 1.21 bits per heavy atom. The van der Waals surface area contributed by atoms with Gasteiger partial charge in [0.25, 0.3) is 0 Å². The number of carbonyl (C=O) groups excluding carboxylic acids is 1. The molecule has 0 fully saturated rings. The fourth-order valence-electron chi connectivity index (χ4n) is 2.36. The van der Waals surface area contributed by atoms with Crippen molar-refractivity contribution in [1.82, 2.24) is 9.97 Å². The molecule has 4 heteroatoms. The summed E-state index contributed by atoms with van der Waals surface area (Å²) in [5.74, 6) is -0.0288. The topological polar surface area (TPSA) is 42.9 Å². The molecule has 0 atom stereocenters. The molecule has 1 aromatic heterocycles. The Labute approximate surface area is 132 Å². The number of nitrogens with zero attached hydrogens (tertiary/aromatic N) is 2. The Kier molecular flexibility index (Phi) is 2.97. The molecule has 19 heavy (non-hydrogen) atoms. The summed E-state index contributed by atoms with van der Waals surface area (Å²) < 4.78 is 0. The summed E-state index contributed by atoms with van der Waals surface area (Å²) in [5.41, 5.74) is 4.33. The van der Waals surface area contributed by atoms with Crippen LogP contribution in [-0.2, 0) is 0 Å². The maximum absolute atomic E-state index is 12.2. The molecule has 2 aromatic carbocycles. The van der Waals surface area contributed by atoms with Crippen molar-refractivity contribution in [1.29, 1.82) is 0 Å². The second-order valence-electron chi connectivity index (χ2n) is 4.28. The van der Waals surface area contributed by atoms with Gasteiger partial charge in [-0.05, 0) is 12.1 Å². The SMILES string of the molecule is O=C1c2ccccc2-c2nc3ccccc3nc21.[Na]. The zero-order valence-electron chi connectivity index (χ0n) is 10.4. The molecule has 3 nitrogen and oxygen atoms in total. The van der Waals surface area contributed by atoms with Crippen molar-refractivity contribution in [3.8, 4) is 11.3 Å². The first kappa shape index (κ1) is 12.5. The quantitative estimate of drug-likeness (QED) is 0.453. The Morgan fingerprint density at radius 1 is 0.684 bits per heavy atom. The molecule has 1 heterocycles. The summed E-state index contributed by atoms with van der Waals surface area (Å²) in [7, 11) is 0. The zero-order valence-corrected chi connectivity index (χ0v) is 12.4. The van der Waals surface area contributed by atoms with Gasteiger partial charge in [-0.2, -0.15) is 0 Å². The van der Waals surface area contributed by atoms with Crippen molar-refractivity contribution in [2.45, 2.75) is 0 Å². The summed E-state index contributed by atoms with van der Waals surface area (Å²) in [6, 6.07) is 15.1. The van der Waals surface area contributed by atoms with Gasteiger partial charge >= 0.3 is 0 Å². The van der Waals surface area contributed by atoms with Crippen LogP contribution in [0.25, 0.3) is 22.3 Å². The smallest absolute Gasteiger partial charge is 0.214 e. The standard InChI is InChI=1S/C15H8N2O.Na/c18-15-10-6-2-1-5-9(10)13-14(15)17-12-8-4-3-7-11(12)16-13;/h1-8H;. The van der Waals surface area contributed by atoms with Crippen LogP contribution in [-0.4, -0.2) is 45.3 Å². The van der Waals surface area contributed by atoms with Crippen LogP contribution in [0.4, 0.5) is 0 Å². The molecule has 1 aliphatic rings. The average molecular weight is 255 g/mol. The van der Waals surface area contributed by atoms with Gasteiger partial charge < -0.3 is 0 Å². The zero-order chi connectivity index (χ0) is 12.1.